The van der Waals surface area contributed by atoms with Crippen molar-refractivity contribution in [2.45, 2.75) is 43.3 Å². The monoisotopic (exact) mass is 608 g/mol. The number of hydrogen-bond donors (Lipinski definition) is 5. The Morgan fingerprint density at radius 1 is 0.867 bits per heavy atom. The summed E-state index contributed by atoms with van der Waals surface area (Å²) >= 11 is 0. The van der Waals surface area contributed by atoms with Gasteiger partial charge in [0.05, 0.1) is 18.3 Å². The van der Waals surface area contributed by atoms with Gasteiger partial charge in [0.15, 0.2) is 28.8 Å². The molecule has 0 radical (unpaired) electrons. The minimum atomic E-state index is -2.23. The van der Waals surface area contributed by atoms with Crippen LogP contribution >= 0.6 is 0 Å². The largest absolute Gasteiger partial charge is 0.394 e. The number of nitrogens with one attached hydrogen (secondary N) is 2. The Morgan fingerprint density at radius 3 is 1.84 bits per heavy atom. The molecule has 0 unspecified atom stereocenters. The number of aliphatic hydroxyl groups excluding tert-OH is 2. The van der Waals surface area contributed by atoms with Crippen LogP contribution in [-0.2, 0) is 19.7 Å². The number of benzene rings is 3. The van der Waals surface area contributed by atoms with E-state index >= 15 is 0 Å². The summed E-state index contributed by atoms with van der Waals surface area (Å²) in [7, 11) is 0. The fourth-order valence-corrected chi connectivity index (χ4v) is 6.41. The van der Waals surface area contributed by atoms with Gasteiger partial charge < -0.3 is 25.4 Å². The lowest BCUT2D eigenvalue weighted by Crippen LogP contribution is -2.62. The number of fused-ring (bicyclic) bond motifs is 1. The van der Waals surface area contributed by atoms with Gasteiger partial charge in [-0.15, -0.1) is 0 Å². The van der Waals surface area contributed by atoms with E-state index in [1.807, 2.05) is 91.0 Å². The fourth-order valence-electron chi connectivity index (χ4n) is 6.41. The Kier molecular flexibility index (Phi) is 7.89. The molecule has 0 spiro atoms. The predicted octanol–water partition coefficient (Wildman–Crippen LogP) is 2.76. The molecular weight excluding hydrogens is 576 g/mol. The summed E-state index contributed by atoms with van der Waals surface area (Å²) in [5.74, 6) is -0.980. The van der Waals surface area contributed by atoms with Crippen LogP contribution in [0.2, 0.25) is 0 Å². The molecule has 5 aromatic rings. The first-order valence-corrected chi connectivity index (χ1v) is 14.3. The summed E-state index contributed by atoms with van der Waals surface area (Å²) in [4.78, 5) is 37.2. The highest BCUT2D eigenvalue weighted by atomic mass is 16.6. The second kappa shape index (κ2) is 11.8. The van der Waals surface area contributed by atoms with Crippen LogP contribution in [0.5, 0.6) is 0 Å². The summed E-state index contributed by atoms with van der Waals surface area (Å²) in [6.45, 7) is 1.99. The number of rotatable bonds is 8. The zero-order valence-electron chi connectivity index (χ0n) is 24.5. The molecule has 0 aliphatic carbocycles. The number of aliphatic hydroxyl groups is 3. The molecule has 4 atom stereocenters. The first kappa shape index (κ1) is 30.0. The van der Waals surface area contributed by atoms with Crippen molar-refractivity contribution in [2.24, 2.45) is 0 Å². The van der Waals surface area contributed by atoms with Gasteiger partial charge in [-0.25, -0.2) is 4.98 Å². The molecule has 12 nitrogen and oxygen atoms in total. The van der Waals surface area contributed by atoms with Crippen molar-refractivity contribution in [3.8, 4) is 0 Å². The van der Waals surface area contributed by atoms with E-state index in [1.165, 1.54) is 24.7 Å². The van der Waals surface area contributed by atoms with Gasteiger partial charge in [0, 0.05) is 13.8 Å². The second-order valence-electron chi connectivity index (χ2n) is 10.9. The van der Waals surface area contributed by atoms with Gasteiger partial charge in [0.2, 0.25) is 17.8 Å². The molecule has 1 aliphatic heterocycles. The second-order valence-corrected chi connectivity index (χ2v) is 10.9. The number of carbonyl (C=O) groups excluding carboxylic acids is 2. The maximum Gasteiger partial charge on any atom is 0.233 e. The zero-order valence-corrected chi connectivity index (χ0v) is 24.5. The van der Waals surface area contributed by atoms with Crippen LogP contribution in [0, 0.1) is 0 Å². The topological polar surface area (TPSA) is 172 Å². The van der Waals surface area contributed by atoms with E-state index < -0.39 is 47.9 Å². The molecule has 12 heteroatoms. The molecule has 2 aromatic heterocycles. The summed E-state index contributed by atoms with van der Waals surface area (Å²) in [5.41, 5.74) is -1.54. The van der Waals surface area contributed by atoms with Crippen molar-refractivity contribution in [3.63, 3.8) is 0 Å². The summed E-state index contributed by atoms with van der Waals surface area (Å²) < 4.78 is 7.77. The SMILES string of the molecule is CC(=O)Nc1nc(NC(C)=O)c2ncn([C@@H]3O[C@H](CO)[C@@H](O)[C@]3(O)C(c3ccccc3)(c3ccccc3)c3ccccc3)c2n1. The van der Waals surface area contributed by atoms with Crippen molar-refractivity contribution < 1.29 is 29.6 Å². The minimum absolute atomic E-state index is 0.0243. The van der Waals surface area contributed by atoms with E-state index in [2.05, 4.69) is 25.6 Å². The Balaban J connectivity index is 1.70. The van der Waals surface area contributed by atoms with Gasteiger partial charge in [0.25, 0.3) is 0 Å². The summed E-state index contributed by atoms with van der Waals surface area (Å²) in [5, 5.41) is 41.1. The van der Waals surface area contributed by atoms with Gasteiger partial charge in [-0.1, -0.05) is 91.0 Å². The van der Waals surface area contributed by atoms with Crippen molar-refractivity contribution in [2.75, 3.05) is 17.2 Å². The van der Waals surface area contributed by atoms with E-state index in [0.717, 1.165) is 0 Å². The number of imidazole rings is 1. The number of amides is 2. The minimum Gasteiger partial charge on any atom is -0.394 e. The lowest BCUT2D eigenvalue weighted by molar-refractivity contribution is -0.136. The molecule has 1 fully saturated rings. The van der Waals surface area contributed by atoms with Gasteiger partial charge in [0.1, 0.15) is 12.2 Å². The highest BCUT2D eigenvalue weighted by Gasteiger charge is 2.68. The van der Waals surface area contributed by atoms with Crippen molar-refractivity contribution >= 4 is 34.7 Å². The summed E-state index contributed by atoms with van der Waals surface area (Å²) in [6, 6.07) is 27.9. The highest BCUT2D eigenvalue weighted by molar-refractivity contribution is 5.97. The molecule has 3 heterocycles. The number of hydrogen-bond acceptors (Lipinski definition) is 9. The quantitative estimate of drug-likeness (QED) is 0.166. The number of nitrogens with zero attached hydrogens (tertiary/aromatic N) is 4. The van der Waals surface area contributed by atoms with Crippen LogP contribution in [0.15, 0.2) is 97.3 Å². The van der Waals surface area contributed by atoms with Gasteiger partial charge >= 0.3 is 0 Å². The smallest absolute Gasteiger partial charge is 0.233 e. The molecule has 45 heavy (non-hydrogen) atoms. The van der Waals surface area contributed by atoms with Crippen molar-refractivity contribution in [1.29, 1.82) is 0 Å². The molecule has 6 rings (SSSR count). The number of carbonyl (C=O) groups is 2. The van der Waals surface area contributed by atoms with Crippen LogP contribution in [0.25, 0.3) is 11.2 Å². The molecule has 2 amide bonds. The van der Waals surface area contributed by atoms with E-state index in [0.29, 0.717) is 16.7 Å². The molecule has 5 N–H and O–H groups in total. The Bertz CT molecular complexity index is 1740. The molecule has 1 saturated heterocycles. The zero-order chi connectivity index (χ0) is 31.8. The Labute approximate surface area is 258 Å². The van der Waals surface area contributed by atoms with Gasteiger partial charge in [-0.05, 0) is 16.7 Å². The third kappa shape index (κ3) is 4.84. The van der Waals surface area contributed by atoms with Crippen LogP contribution in [0.3, 0.4) is 0 Å². The van der Waals surface area contributed by atoms with E-state index in [4.69, 9.17) is 4.74 Å². The lowest BCUT2D eigenvalue weighted by atomic mass is 9.57. The van der Waals surface area contributed by atoms with Gasteiger partial charge in [-0.2, -0.15) is 9.97 Å². The van der Waals surface area contributed by atoms with Crippen molar-refractivity contribution in [1.82, 2.24) is 19.5 Å². The maximum atomic E-state index is 13.4. The summed E-state index contributed by atoms with van der Waals surface area (Å²) in [6.07, 6.45) is -2.92. The van der Waals surface area contributed by atoms with Crippen molar-refractivity contribution in [3.05, 3.63) is 114 Å². The molecule has 230 valence electrons. The Hall–Kier alpha value is -5.01. The fraction of sp³-hybridized carbons (Fsp3) is 0.242. The van der Waals surface area contributed by atoms with Crippen LogP contribution < -0.4 is 10.6 Å². The van der Waals surface area contributed by atoms with Crippen LogP contribution in [-0.4, -0.2) is 71.1 Å². The Morgan fingerprint density at radius 2 is 1.38 bits per heavy atom. The predicted molar refractivity (Wildman–Crippen MR) is 165 cm³/mol. The first-order chi connectivity index (χ1) is 21.7. The van der Waals surface area contributed by atoms with E-state index in [1.54, 1.807) is 0 Å². The molecule has 0 bridgehead atoms. The molecule has 3 aromatic carbocycles. The van der Waals surface area contributed by atoms with E-state index in [-0.39, 0.29) is 22.9 Å². The third-order valence-electron chi connectivity index (χ3n) is 8.14. The normalized spacial score (nSPS) is 21.5. The number of ether oxygens (including phenoxy) is 1. The molecule has 0 saturated carbocycles. The van der Waals surface area contributed by atoms with Gasteiger partial charge in [-0.3, -0.25) is 19.5 Å². The molecular formula is C33H32N6O6. The maximum absolute atomic E-state index is 13.4. The highest BCUT2D eigenvalue weighted by Crippen LogP contribution is 2.57. The average molecular weight is 609 g/mol. The lowest BCUT2D eigenvalue weighted by Gasteiger charge is -2.50. The van der Waals surface area contributed by atoms with Crippen LogP contribution in [0.1, 0.15) is 36.8 Å². The third-order valence-corrected chi connectivity index (χ3v) is 8.14. The standard InChI is InChI=1S/C33H32N6O6/c1-20(41)35-28-26-29(38-31(37-28)36-21(2)42)39(19-34-26)30-33(44,27(43)25(18-40)45-30)32(22-12-6-3-7-13-22,23-14-8-4-9-15-23)24-16-10-5-11-17-24/h3-17,19,25,27,30,40,43-44H,18H2,1-2H3,(H2,35,36,37,38,41,42)/t25-,27-,30-,33-/m1/s1. The first-order valence-electron chi connectivity index (χ1n) is 14.3. The van der Waals surface area contributed by atoms with E-state index in [9.17, 15) is 24.9 Å². The number of aromatic nitrogens is 4. The average Bonchev–Trinajstić information content (AvgIpc) is 3.57. The van der Waals surface area contributed by atoms with Crippen LogP contribution in [0.4, 0.5) is 11.8 Å². The number of anilines is 2. The molecule has 1 aliphatic rings.